The smallest absolute Gasteiger partial charge is 0.132 e. The average molecular weight is 177 g/mol. The Morgan fingerprint density at radius 1 is 1.08 bits per heavy atom. The van der Waals surface area contributed by atoms with Crippen LogP contribution < -0.4 is 5.84 Å². The van der Waals surface area contributed by atoms with E-state index in [0.29, 0.717) is 0 Å². The minimum Gasteiger partial charge on any atom is -0.323 e. The first-order valence-corrected chi connectivity index (χ1v) is 4.05. The van der Waals surface area contributed by atoms with Crippen LogP contribution in [0.15, 0.2) is 0 Å². The lowest BCUT2D eigenvalue weighted by Crippen LogP contribution is -2.11. The predicted octanol–water partition coefficient (Wildman–Crippen LogP) is 0.465. The molecule has 0 bridgehead atoms. The number of hydrogen-bond donors (Lipinski definition) is 1. The van der Waals surface area contributed by atoms with Crippen LogP contribution in [-0.2, 0) is 0 Å². The summed E-state index contributed by atoms with van der Waals surface area (Å²) in [5.41, 5.74) is 3.35. The van der Waals surface area contributed by atoms with Gasteiger partial charge in [-0.25, -0.2) is 9.97 Å². The van der Waals surface area contributed by atoms with Gasteiger partial charge < -0.3 is 5.84 Å². The Bertz CT molecular complexity index is 471. The van der Waals surface area contributed by atoms with Crippen molar-refractivity contribution < 1.29 is 0 Å². The third-order valence-electron chi connectivity index (χ3n) is 2.00. The van der Waals surface area contributed by atoms with Crippen molar-refractivity contribution in [3.8, 4) is 0 Å². The number of hydrogen-bond acceptors (Lipinski definition) is 4. The van der Waals surface area contributed by atoms with E-state index in [2.05, 4.69) is 15.1 Å². The van der Waals surface area contributed by atoms with Gasteiger partial charge in [0.05, 0.1) is 11.4 Å². The quantitative estimate of drug-likeness (QED) is 0.594. The van der Waals surface area contributed by atoms with Gasteiger partial charge in [0, 0.05) is 0 Å². The molecule has 0 unspecified atom stereocenters. The van der Waals surface area contributed by atoms with Crippen LogP contribution in [0.2, 0.25) is 0 Å². The molecule has 0 spiro atoms. The molecule has 0 aliphatic carbocycles. The zero-order chi connectivity index (χ0) is 9.59. The molecule has 0 atom stereocenters. The van der Waals surface area contributed by atoms with E-state index in [9.17, 15) is 0 Å². The first-order chi connectivity index (χ1) is 6.09. The van der Waals surface area contributed by atoms with Gasteiger partial charge in [-0.15, -0.1) is 0 Å². The maximum Gasteiger partial charge on any atom is 0.132 e. The molecule has 0 aromatic carbocycles. The fourth-order valence-electron chi connectivity index (χ4n) is 1.49. The van der Waals surface area contributed by atoms with E-state index in [1.807, 2.05) is 20.8 Å². The molecule has 2 aromatic heterocycles. The van der Waals surface area contributed by atoms with Crippen LogP contribution in [-0.4, -0.2) is 19.9 Å². The van der Waals surface area contributed by atoms with Gasteiger partial charge in [-0.2, -0.15) is 9.89 Å². The van der Waals surface area contributed by atoms with Crippen LogP contribution in [0, 0.1) is 20.8 Å². The molecule has 2 aromatic rings. The molecule has 2 heterocycles. The fraction of sp³-hybridized carbons (Fsp3) is 0.375. The Morgan fingerprint density at radius 2 is 1.77 bits per heavy atom. The molecule has 2 rings (SSSR count). The molecular formula is C8H11N5. The lowest BCUT2D eigenvalue weighted by atomic mass is 10.3. The first-order valence-electron chi connectivity index (χ1n) is 4.05. The Balaban J connectivity index is 2.97. The summed E-state index contributed by atoms with van der Waals surface area (Å²) >= 11 is 0. The highest BCUT2D eigenvalue weighted by Crippen LogP contribution is 2.16. The molecule has 5 nitrogen and oxygen atoms in total. The Labute approximate surface area is 75.6 Å². The van der Waals surface area contributed by atoms with E-state index in [0.717, 1.165) is 28.2 Å². The van der Waals surface area contributed by atoms with Crippen LogP contribution in [0.1, 0.15) is 17.2 Å². The van der Waals surface area contributed by atoms with Crippen molar-refractivity contribution in [2.75, 3.05) is 5.84 Å². The molecule has 0 fully saturated rings. The van der Waals surface area contributed by atoms with Crippen LogP contribution in [0.4, 0.5) is 0 Å². The van der Waals surface area contributed by atoms with E-state index in [1.165, 1.54) is 4.79 Å². The largest absolute Gasteiger partial charge is 0.323 e. The molecule has 0 aliphatic rings. The van der Waals surface area contributed by atoms with E-state index in [1.54, 1.807) is 0 Å². The molecule has 0 radical (unpaired) electrons. The SMILES string of the molecule is Cc1nc(C)c2c(n1)c(C)nn2N. The summed E-state index contributed by atoms with van der Waals surface area (Å²) < 4.78 is 0. The summed E-state index contributed by atoms with van der Waals surface area (Å²) in [4.78, 5) is 9.84. The summed E-state index contributed by atoms with van der Waals surface area (Å²) in [5.74, 6) is 6.40. The van der Waals surface area contributed by atoms with Crippen LogP contribution in [0.5, 0.6) is 0 Å². The Kier molecular flexibility index (Phi) is 1.48. The van der Waals surface area contributed by atoms with Gasteiger partial charge >= 0.3 is 0 Å². The van der Waals surface area contributed by atoms with Crippen LogP contribution in [0.25, 0.3) is 11.0 Å². The van der Waals surface area contributed by atoms with Gasteiger partial charge in [0.2, 0.25) is 0 Å². The second kappa shape index (κ2) is 2.42. The van der Waals surface area contributed by atoms with Crippen molar-refractivity contribution in [3.05, 3.63) is 17.2 Å². The van der Waals surface area contributed by atoms with E-state index < -0.39 is 0 Å². The third-order valence-corrected chi connectivity index (χ3v) is 2.00. The second-order valence-electron chi connectivity index (χ2n) is 3.08. The lowest BCUT2D eigenvalue weighted by Gasteiger charge is -1.98. The zero-order valence-corrected chi connectivity index (χ0v) is 7.87. The summed E-state index contributed by atoms with van der Waals surface area (Å²) in [6.07, 6.45) is 0. The van der Waals surface area contributed by atoms with Gasteiger partial charge in [-0.05, 0) is 20.8 Å². The standard InChI is InChI=1S/C8H11N5/c1-4-7-8(13(9)12-4)5(2)10-6(3)11-7/h9H2,1-3H3. The summed E-state index contributed by atoms with van der Waals surface area (Å²) in [6, 6.07) is 0. The summed E-state index contributed by atoms with van der Waals surface area (Å²) in [7, 11) is 0. The molecule has 13 heavy (non-hydrogen) atoms. The molecule has 0 amide bonds. The highest BCUT2D eigenvalue weighted by Gasteiger charge is 2.10. The van der Waals surface area contributed by atoms with Crippen molar-refractivity contribution in [2.24, 2.45) is 0 Å². The second-order valence-corrected chi connectivity index (χ2v) is 3.08. The Hall–Kier alpha value is -1.65. The molecule has 0 saturated heterocycles. The first kappa shape index (κ1) is 7.97. The van der Waals surface area contributed by atoms with Crippen LogP contribution >= 0.6 is 0 Å². The number of nitrogens with two attached hydrogens (primary N) is 1. The number of nitrogen functional groups attached to an aromatic ring is 1. The van der Waals surface area contributed by atoms with Crippen molar-refractivity contribution >= 4 is 11.0 Å². The lowest BCUT2D eigenvalue weighted by molar-refractivity contribution is 0.838. The van der Waals surface area contributed by atoms with Gasteiger partial charge in [0.15, 0.2) is 0 Å². The van der Waals surface area contributed by atoms with Crippen LogP contribution in [0.3, 0.4) is 0 Å². The summed E-state index contributed by atoms with van der Waals surface area (Å²) in [5, 5.41) is 4.08. The number of rotatable bonds is 0. The number of aryl methyl sites for hydroxylation is 3. The molecule has 5 heteroatoms. The molecule has 0 saturated carbocycles. The van der Waals surface area contributed by atoms with Crippen molar-refractivity contribution in [2.45, 2.75) is 20.8 Å². The van der Waals surface area contributed by atoms with Crippen molar-refractivity contribution in [3.63, 3.8) is 0 Å². The Morgan fingerprint density at radius 3 is 2.46 bits per heavy atom. The van der Waals surface area contributed by atoms with Crippen molar-refractivity contribution in [1.82, 2.24) is 19.9 Å². The fourth-order valence-corrected chi connectivity index (χ4v) is 1.49. The van der Waals surface area contributed by atoms with E-state index in [-0.39, 0.29) is 0 Å². The maximum atomic E-state index is 5.65. The molecule has 0 aliphatic heterocycles. The average Bonchev–Trinajstić information content (AvgIpc) is 2.27. The minimum atomic E-state index is 0.751. The topological polar surface area (TPSA) is 69.6 Å². The highest BCUT2D eigenvalue weighted by atomic mass is 15.5. The molecular weight excluding hydrogens is 166 g/mol. The molecule has 68 valence electrons. The van der Waals surface area contributed by atoms with E-state index >= 15 is 0 Å². The maximum absolute atomic E-state index is 5.65. The third kappa shape index (κ3) is 1.04. The summed E-state index contributed by atoms with van der Waals surface area (Å²) in [6.45, 7) is 5.65. The van der Waals surface area contributed by atoms with Crippen molar-refractivity contribution in [1.29, 1.82) is 0 Å². The zero-order valence-electron chi connectivity index (χ0n) is 7.87. The molecule has 2 N–H and O–H groups in total. The van der Waals surface area contributed by atoms with Gasteiger partial charge in [-0.3, -0.25) is 0 Å². The van der Waals surface area contributed by atoms with Gasteiger partial charge in [-0.1, -0.05) is 0 Å². The highest BCUT2D eigenvalue weighted by molar-refractivity contribution is 5.79. The van der Waals surface area contributed by atoms with E-state index in [4.69, 9.17) is 5.84 Å². The number of fused-ring (bicyclic) bond motifs is 1. The predicted molar refractivity (Wildman–Crippen MR) is 49.7 cm³/mol. The van der Waals surface area contributed by atoms with Gasteiger partial charge in [0.25, 0.3) is 0 Å². The number of nitrogens with zero attached hydrogens (tertiary/aromatic N) is 4. The monoisotopic (exact) mass is 177 g/mol. The number of aromatic nitrogens is 4. The van der Waals surface area contributed by atoms with Gasteiger partial charge in [0.1, 0.15) is 16.9 Å². The minimum absolute atomic E-state index is 0.751. The normalized spacial score (nSPS) is 11.0.